The summed E-state index contributed by atoms with van der Waals surface area (Å²) in [6.45, 7) is 5.99. The second kappa shape index (κ2) is 9.29. The highest BCUT2D eigenvalue weighted by atomic mass is 32.2. The van der Waals surface area contributed by atoms with E-state index >= 15 is 0 Å². The van der Waals surface area contributed by atoms with Crippen LogP contribution in [-0.4, -0.2) is 55.6 Å². The van der Waals surface area contributed by atoms with Crippen LogP contribution in [0.15, 0.2) is 35.1 Å². The summed E-state index contributed by atoms with van der Waals surface area (Å²) in [7, 11) is 0. The van der Waals surface area contributed by atoms with Crippen molar-refractivity contribution < 1.29 is 14.5 Å². The summed E-state index contributed by atoms with van der Waals surface area (Å²) in [5.41, 5.74) is -0.703. The van der Waals surface area contributed by atoms with E-state index in [0.29, 0.717) is 18.0 Å². The Bertz CT molecular complexity index is 1080. The number of nitrogens with one attached hydrogen (secondary N) is 1. The Morgan fingerprint density at radius 2 is 2.06 bits per heavy atom. The summed E-state index contributed by atoms with van der Waals surface area (Å²) in [4.78, 5) is 50.4. The zero-order valence-corrected chi connectivity index (χ0v) is 18.2. The summed E-state index contributed by atoms with van der Waals surface area (Å²) in [6, 6.07) is 6.45. The molecule has 1 aromatic carbocycles. The lowest BCUT2D eigenvalue weighted by atomic mass is 10.2. The van der Waals surface area contributed by atoms with E-state index in [1.54, 1.807) is 13.0 Å². The molecule has 1 atom stereocenters. The fourth-order valence-electron chi connectivity index (χ4n) is 3.16. The van der Waals surface area contributed by atoms with Gasteiger partial charge in [0.2, 0.25) is 11.3 Å². The third kappa shape index (κ3) is 4.76. The van der Waals surface area contributed by atoms with Crippen LogP contribution in [0.25, 0.3) is 5.69 Å². The minimum absolute atomic E-state index is 0.140. The van der Waals surface area contributed by atoms with Crippen LogP contribution in [0, 0.1) is 23.0 Å². The highest BCUT2D eigenvalue weighted by Gasteiger charge is 2.37. The Balaban J connectivity index is 1.97. The highest BCUT2D eigenvalue weighted by molar-refractivity contribution is 7.99. The molecular formula is C20H23N5O5S. The molecule has 0 spiro atoms. The van der Waals surface area contributed by atoms with Gasteiger partial charge < -0.3 is 10.2 Å². The monoisotopic (exact) mass is 445 g/mol. The smallest absolute Gasteiger partial charge is 0.294 e. The molecule has 1 aromatic heterocycles. The zero-order valence-electron chi connectivity index (χ0n) is 17.4. The first-order valence-corrected chi connectivity index (χ1v) is 10.9. The molecule has 2 amide bonds. The molecule has 2 aromatic rings. The average Bonchev–Trinajstić information content (AvgIpc) is 3.21. The van der Waals surface area contributed by atoms with Gasteiger partial charge in [-0.05, 0) is 18.9 Å². The third-order valence-electron chi connectivity index (χ3n) is 4.75. The molecule has 1 aliphatic heterocycles. The lowest BCUT2D eigenvalue weighted by molar-refractivity contribution is -0.384. The summed E-state index contributed by atoms with van der Waals surface area (Å²) in [5.74, 6) is -0.0288. The Labute approximate surface area is 182 Å². The lowest BCUT2D eigenvalue weighted by Crippen LogP contribution is -2.49. The first-order chi connectivity index (χ1) is 14.7. The molecule has 2 heterocycles. The predicted octanol–water partition coefficient (Wildman–Crippen LogP) is 1.74. The molecular weight excluding hydrogens is 422 g/mol. The maximum Gasteiger partial charge on any atom is 0.294 e. The fourth-order valence-corrected chi connectivity index (χ4v) is 4.31. The number of nitrogens with zero attached hydrogens (tertiary/aromatic N) is 4. The molecule has 0 saturated carbocycles. The van der Waals surface area contributed by atoms with Crippen molar-refractivity contribution in [2.24, 2.45) is 5.92 Å². The summed E-state index contributed by atoms with van der Waals surface area (Å²) in [6.07, 6.45) is 0. The van der Waals surface area contributed by atoms with Gasteiger partial charge in [-0.25, -0.2) is 4.68 Å². The predicted molar refractivity (Wildman–Crippen MR) is 116 cm³/mol. The van der Waals surface area contributed by atoms with Crippen LogP contribution in [0.5, 0.6) is 0 Å². The Hall–Kier alpha value is -3.21. The van der Waals surface area contributed by atoms with Gasteiger partial charge in [0.05, 0.1) is 10.8 Å². The minimum Gasteiger partial charge on any atom is -0.354 e. The van der Waals surface area contributed by atoms with Crippen molar-refractivity contribution in [3.63, 3.8) is 0 Å². The molecule has 11 heteroatoms. The van der Waals surface area contributed by atoms with Crippen LogP contribution in [0.1, 0.15) is 30.0 Å². The number of para-hydroxylation sites is 2. The van der Waals surface area contributed by atoms with Crippen LogP contribution in [0.3, 0.4) is 0 Å². The number of nitro groups is 1. The number of aromatic nitrogens is 2. The number of benzene rings is 1. The van der Waals surface area contributed by atoms with Crippen molar-refractivity contribution >= 4 is 29.3 Å². The molecule has 1 aliphatic rings. The average molecular weight is 446 g/mol. The number of aryl methyl sites for hydroxylation is 1. The van der Waals surface area contributed by atoms with Crippen LogP contribution < -0.4 is 10.7 Å². The van der Waals surface area contributed by atoms with Gasteiger partial charge in [0.1, 0.15) is 11.7 Å². The maximum atomic E-state index is 13.2. The Morgan fingerprint density at radius 1 is 1.35 bits per heavy atom. The van der Waals surface area contributed by atoms with Crippen molar-refractivity contribution in [2.45, 2.75) is 26.8 Å². The summed E-state index contributed by atoms with van der Waals surface area (Å²) in [5, 5.41) is 18.4. The molecule has 31 heavy (non-hydrogen) atoms. The molecule has 0 radical (unpaired) electrons. The largest absolute Gasteiger partial charge is 0.354 e. The van der Waals surface area contributed by atoms with Crippen LogP contribution in [0.2, 0.25) is 0 Å². The molecule has 0 bridgehead atoms. The molecule has 164 valence electrons. The van der Waals surface area contributed by atoms with Gasteiger partial charge >= 0.3 is 0 Å². The van der Waals surface area contributed by atoms with Gasteiger partial charge in [0, 0.05) is 30.1 Å². The third-order valence-corrected chi connectivity index (χ3v) is 5.76. The molecule has 1 unspecified atom stereocenters. The molecule has 1 N–H and O–H groups in total. The van der Waals surface area contributed by atoms with Crippen molar-refractivity contribution in [1.82, 2.24) is 20.0 Å². The molecule has 3 rings (SSSR count). The van der Waals surface area contributed by atoms with E-state index in [4.69, 9.17) is 0 Å². The molecule has 10 nitrogen and oxygen atoms in total. The van der Waals surface area contributed by atoms with E-state index < -0.39 is 22.3 Å². The van der Waals surface area contributed by atoms with Crippen molar-refractivity contribution in [2.75, 3.05) is 18.2 Å². The van der Waals surface area contributed by atoms with E-state index in [9.17, 15) is 24.5 Å². The van der Waals surface area contributed by atoms with Gasteiger partial charge in [0.15, 0.2) is 5.69 Å². The van der Waals surface area contributed by atoms with Gasteiger partial charge in [-0.3, -0.25) is 24.5 Å². The number of carbonyl (C=O) groups is 2. The number of nitro benzene ring substituents is 1. The fraction of sp³-hybridized carbons (Fsp3) is 0.400. The normalized spacial score (nSPS) is 15.9. The first kappa shape index (κ1) is 22.5. The van der Waals surface area contributed by atoms with E-state index in [-0.39, 0.29) is 34.8 Å². The highest BCUT2D eigenvalue weighted by Crippen LogP contribution is 2.24. The Morgan fingerprint density at radius 3 is 2.74 bits per heavy atom. The number of hydrogen-bond donors (Lipinski definition) is 1. The number of carbonyl (C=O) groups excluding carboxylic acids is 2. The topological polar surface area (TPSA) is 127 Å². The van der Waals surface area contributed by atoms with Gasteiger partial charge in [0.25, 0.3) is 11.6 Å². The lowest BCUT2D eigenvalue weighted by Gasteiger charge is -2.23. The quantitative estimate of drug-likeness (QED) is 0.530. The van der Waals surface area contributed by atoms with E-state index in [2.05, 4.69) is 10.4 Å². The summed E-state index contributed by atoms with van der Waals surface area (Å²) < 4.78 is 1.21. The van der Waals surface area contributed by atoms with Crippen molar-refractivity contribution in [1.29, 1.82) is 0 Å². The van der Waals surface area contributed by atoms with E-state index in [1.165, 1.54) is 45.6 Å². The number of hydrogen-bond acceptors (Lipinski definition) is 7. The second-order valence-electron chi connectivity index (χ2n) is 7.59. The van der Waals surface area contributed by atoms with Crippen LogP contribution in [0.4, 0.5) is 5.69 Å². The minimum atomic E-state index is -0.710. The number of rotatable bonds is 6. The zero-order chi connectivity index (χ0) is 22.7. The van der Waals surface area contributed by atoms with Crippen molar-refractivity contribution in [3.8, 4) is 5.69 Å². The molecule has 0 aliphatic carbocycles. The summed E-state index contributed by atoms with van der Waals surface area (Å²) >= 11 is 1.41. The van der Waals surface area contributed by atoms with E-state index in [0.717, 1.165) is 0 Å². The maximum absolute atomic E-state index is 13.2. The van der Waals surface area contributed by atoms with Crippen LogP contribution in [-0.2, 0) is 4.79 Å². The standard InChI is InChI=1S/C20H23N5O5S/c1-12(2)9-21-19(27)16-10-31-11-23(16)20(28)18-17(26)8-13(3)24(22-18)14-6-4-5-7-15(14)25(29)30/h4-8,12,16H,9-11H2,1-3H3,(H,21,27). The second-order valence-corrected chi connectivity index (χ2v) is 8.59. The Kier molecular flexibility index (Phi) is 6.74. The number of amides is 2. The van der Waals surface area contributed by atoms with Gasteiger partial charge in [-0.15, -0.1) is 11.8 Å². The van der Waals surface area contributed by atoms with E-state index in [1.807, 2.05) is 13.8 Å². The van der Waals surface area contributed by atoms with Gasteiger partial charge in [-0.2, -0.15) is 5.10 Å². The SMILES string of the molecule is Cc1cc(=O)c(C(=O)N2CSCC2C(=O)NCC(C)C)nn1-c1ccccc1[N+](=O)[O-]. The van der Waals surface area contributed by atoms with Crippen LogP contribution >= 0.6 is 11.8 Å². The first-order valence-electron chi connectivity index (χ1n) is 9.72. The van der Waals surface area contributed by atoms with Crippen molar-refractivity contribution in [3.05, 3.63) is 62.1 Å². The number of thioether (sulfide) groups is 1. The van der Waals surface area contributed by atoms with Gasteiger partial charge in [-0.1, -0.05) is 26.0 Å². The molecule has 1 fully saturated rings. The molecule has 1 saturated heterocycles.